The lowest BCUT2D eigenvalue weighted by molar-refractivity contribution is -0.140. The van der Waals surface area contributed by atoms with Crippen LogP contribution in [0.1, 0.15) is 13.8 Å². The van der Waals surface area contributed by atoms with Crippen LogP contribution in [0.2, 0.25) is 0 Å². The van der Waals surface area contributed by atoms with Crippen LogP contribution in [0.3, 0.4) is 0 Å². The van der Waals surface area contributed by atoms with Gasteiger partial charge in [-0.1, -0.05) is 6.08 Å². The summed E-state index contributed by atoms with van der Waals surface area (Å²) in [6.07, 6.45) is 1.82. The fourth-order valence-corrected chi connectivity index (χ4v) is 1.39. The van der Waals surface area contributed by atoms with Crippen molar-refractivity contribution < 1.29 is 14.7 Å². The van der Waals surface area contributed by atoms with E-state index < -0.39 is 12.0 Å². The monoisotopic (exact) mass is 203 g/mol. The molecular formula is C8H13NO3S. The average molecular weight is 203 g/mol. The highest BCUT2D eigenvalue weighted by molar-refractivity contribution is 8.02. The molecule has 0 saturated carbocycles. The van der Waals surface area contributed by atoms with Crippen LogP contribution in [-0.4, -0.2) is 28.8 Å². The lowest BCUT2D eigenvalue weighted by Crippen LogP contribution is -2.41. The fourth-order valence-electron chi connectivity index (χ4n) is 0.668. The first-order valence-corrected chi connectivity index (χ1v) is 4.85. The van der Waals surface area contributed by atoms with Crippen LogP contribution in [0.15, 0.2) is 11.5 Å². The first-order chi connectivity index (χ1) is 6.07. The van der Waals surface area contributed by atoms with E-state index in [1.807, 2.05) is 13.0 Å². The number of amides is 1. The molecule has 0 aliphatic heterocycles. The molecule has 0 saturated heterocycles. The van der Waals surface area contributed by atoms with Gasteiger partial charge in [-0.15, -0.1) is 11.8 Å². The summed E-state index contributed by atoms with van der Waals surface area (Å²) in [6.45, 7) is 3.15. The number of thioether (sulfide) groups is 1. The number of allylic oxidation sites excluding steroid dienone is 1. The number of carboxylic acids is 1. The van der Waals surface area contributed by atoms with Crippen LogP contribution in [0, 0.1) is 0 Å². The Morgan fingerprint density at radius 2 is 2.23 bits per heavy atom. The highest BCUT2D eigenvalue weighted by Gasteiger charge is 2.17. The second kappa shape index (κ2) is 6.54. The van der Waals surface area contributed by atoms with Gasteiger partial charge in [-0.2, -0.15) is 0 Å². The van der Waals surface area contributed by atoms with Crippen molar-refractivity contribution in [1.82, 2.24) is 5.32 Å². The van der Waals surface area contributed by atoms with Gasteiger partial charge in [0.2, 0.25) is 5.91 Å². The molecule has 0 aliphatic carbocycles. The predicted molar refractivity (Wildman–Crippen MR) is 52.5 cm³/mol. The lowest BCUT2D eigenvalue weighted by Gasteiger charge is -2.10. The van der Waals surface area contributed by atoms with E-state index in [4.69, 9.17) is 5.11 Å². The van der Waals surface area contributed by atoms with Gasteiger partial charge in [0.25, 0.3) is 0 Å². The Labute approximate surface area is 81.4 Å². The maximum atomic E-state index is 10.6. The van der Waals surface area contributed by atoms with Crippen molar-refractivity contribution in [2.45, 2.75) is 19.9 Å². The molecule has 74 valence electrons. The molecule has 0 rings (SSSR count). The van der Waals surface area contributed by atoms with Gasteiger partial charge in [-0.3, -0.25) is 4.79 Å². The molecule has 13 heavy (non-hydrogen) atoms. The van der Waals surface area contributed by atoms with Gasteiger partial charge in [0.05, 0.1) is 0 Å². The number of hydrogen-bond acceptors (Lipinski definition) is 3. The number of aliphatic carboxylic acids is 1. The first kappa shape index (κ1) is 12.0. The van der Waals surface area contributed by atoms with E-state index in [0.717, 1.165) is 0 Å². The second-order valence-electron chi connectivity index (χ2n) is 2.39. The highest BCUT2D eigenvalue weighted by Crippen LogP contribution is 2.04. The Morgan fingerprint density at radius 1 is 1.62 bits per heavy atom. The fraction of sp³-hybridized carbons (Fsp3) is 0.500. The third-order valence-electron chi connectivity index (χ3n) is 1.17. The lowest BCUT2D eigenvalue weighted by atomic mass is 10.3. The Bertz CT molecular complexity index is 215. The van der Waals surface area contributed by atoms with Crippen LogP contribution in [0.5, 0.6) is 0 Å². The topological polar surface area (TPSA) is 66.4 Å². The molecule has 0 aromatic heterocycles. The number of carboxylic acid groups (broad SMARTS) is 1. The molecule has 1 atom stereocenters. The van der Waals surface area contributed by atoms with Crippen LogP contribution in [0.25, 0.3) is 0 Å². The van der Waals surface area contributed by atoms with Crippen molar-refractivity contribution in [2.24, 2.45) is 0 Å². The van der Waals surface area contributed by atoms with Gasteiger partial charge in [-0.25, -0.2) is 4.79 Å². The number of carbonyl (C=O) groups excluding carboxylic acids is 1. The van der Waals surface area contributed by atoms with E-state index in [2.05, 4.69) is 5.32 Å². The van der Waals surface area contributed by atoms with E-state index in [-0.39, 0.29) is 5.91 Å². The summed E-state index contributed by atoms with van der Waals surface area (Å²) in [7, 11) is 0. The summed E-state index contributed by atoms with van der Waals surface area (Å²) < 4.78 is 0. The molecule has 2 N–H and O–H groups in total. The Balaban J connectivity index is 3.95. The van der Waals surface area contributed by atoms with Gasteiger partial charge in [0.15, 0.2) is 0 Å². The quantitative estimate of drug-likeness (QED) is 0.695. The number of nitrogens with one attached hydrogen (secondary N) is 1. The molecule has 0 bridgehead atoms. The number of hydrogen-bond donors (Lipinski definition) is 2. The molecule has 0 radical (unpaired) electrons. The second-order valence-corrected chi connectivity index (χ2v) is 3.33. The molecule has 0 heterocycles. The van der Waals surface area contributed by atoms with Gasteiger partial charge in [0, 0.05) is 12.7 Å². The molecule has 0 unspecified atom stereocenters. The molecule has 5 heteroatoms. The van der Waals surface area contributed by atoms with Crippen molar-refractivity contribution in [3.8, 4) is 0 Å². The zero-order valence-electron chi connectivity index (χ0n) is 7.61. The molecule has 0 fully saturated rings. The number of carbonyl (C=O) groups is 2. The molecular weight excluding hydrogens is 190 g/mol. The molecule has 0 aromatic rings. The maximum Gasteiger partial charge on any atom is 0.327 e. The van der Waals surface area contributed by atoms with E-state index in [9.17, 15) is 9.59 Å². The molecule has 0 aromatic carbocycles. The SMILES string of the molecule is C/C=C\SC[C@H](NC(C)=O)C(=O)O. The van der Waals surface area contributed by atoms with Crippen LogP contribution in [0.4, 0.5) is 0 Å². The van der Waals surface area contributed by atoms with Crippen molar-refractivity contribution in [3.05, 3.63) is 11.5 Å². The maximum absolute atomic E-state index is 10.6. The Morgan fingerprint density at radius 3 is 2.62 bits per heavy atom. The molecule has 0 aliphatic rings. The largest absolute Gasteiger partial charge is 0.480 e. The summed E-state index contributed by atoms with van der Waals surface area (Å²) in [4.78, 5) is 21.2. The highest BCUT2D eigenvalue weighted by atomic mass is 32.2. The summed E-state index contributed by atoms with van der Waals surface area (Å²) >= 11 is 1.36. The summed E-state index contributed by atoms with van der Waals surface area (Å²) in [5.41, 5.74) is 0. The van der Waals surface area contributed by atoms with Crippen molar-refractivity contribution in [3.63, 3.8) is 0 Å². The van der Waals surface area contributed by atoms with E-state index in [1.165, 1.54) is 18.7 Å². The van der Waals surface area contributed by atoms with Crippen LogP contribution >= 0.6 is 11.8 Å². The van der Waals surface area contributed by atoms with Crippen molar-refractivity contribution in [2.75, 3.05) is 5.75 Å². The third kappa shape index (κ3) is 6.21. The van der Waals surface area contributed by atoms with Crippen LogP contribution in [-0.2, 0) is 9.59 Å². The van der Waals surface area contributed by atoms with Gasteiger partial charge >= 0.3 is 5.97 Å². The van der Waals surface area contributed by atoms with Gasteiger partial charge < -0.3 is 10.4 Å². The summed E-state index contributed by atoms with van der Waals surface area (Å²) in [6, 6.07) is -0.807. The standard InChI is InChI=1S/C8H13NO3S/c1-3-4-13-5-7(8(11)12)9-6(2)10/h3-4,7H,5H2,1-2H3,(H,9,10)(H,11,12)/b4-3-/t7-/m0/s1. The van der Waals surface area contributed by atoms with Crippen LogP contribution < -0.4 is 5.32 Å². The van der Waals surface area contributed by atoms with E-state index >= 15 is 0 Å². The molecule has 1 amide bonds. The van der Waals surface area contributed by atoms with Gasteiger partial charge in [0.1, 0.15) is 6.04 Å². The average Bonchev–Trinajstić information content (AvgIpc) is 2.02. The Hall–Kier alpha value is -0.970. The summed E-state index contributed by atoms with van der Waals surface area (Å²) in [5, 5.41) is 12.8. The summed E-state index contributed by atoms with van der Waals surface area (Å²) in [5.74, 6) is -0.986. The van der Waals surface area contributed by atoms with E-state index in [0.29, 0.717) is 5.75 Å². The minimum absolute atomic E-state index is 0.325. The van der Waals surface area contributed by atoms with E-state index in [1.54, 1.807) is 5.41 Å². The van der Waals surface area contributed by atoms with Gasteiger partial charge in [-0.05, 0) is 12.3 Å². The molecule has 0 spiro atoms. The van der Waals surface area contributed by atoms with Crippen molar-refractivity contribution in [1.29, 1.82) is 0 Å². The normalized spacial score (nSPS) is 12.8. The zero-order valence-corrected chi connectivity index (χ0v) is 8.43. The minimum Gasteiger partial charge on any atom is -0.480 e. The smallest absolute Gasteiger partial charge is 0.327 e. The minimum atomic E-state index is -1.01. The first-order valence-electron chi connectivity index (χ1n) is 3.80. The third-order valence-corrected chi connectivity index (χ3v) is 2.16. The zero-order chi connectivity index (χ0) is 10.3. The Kier molecular flexibility index (Phi) is 6.05. The molecule has 4 nitrogen and oxygen atoms in total. The number of rotatable bonds is 5. The van der Waals surface area contributed by atoms with Crippen molar-refractivity contribution >= 4 is 23.6 Å². The predicted octanol–water partition coefficient (Wildman–Crippen LogP) is 0.843.